The number of nitro benzene ring substituents is 2. The number of carbonyl (C=O) groups is 2. The number of phenols is 1. The Bertz CT molecular complexity index is 850. The fourth-order valence-electron chi connectivity index (χ4n) is 2.15. The molecule has 28 heavy (non-hydrogen) atoms. The number of aldehydes is 2. The molecule has 2 aromatic rings. The van der Waals surface area contributed by atoms with E-state index in [1.54, 1.807) is 6.92 Å². The van der Waals surface area contributed by atoms with Gasteiger partial charge in [0.15, 0.2) is 24.1 Å². The summed E-state index contributed by atoms with van der Waals surface area (Å²) in [7, 11) is 2.73. The van der Waals surface area contributed by atoms with Crippen molar-refractivity contribution in [3.8, 4) is 17.2 Å². The first-order valence-corrected chi connectivity index (χ1v) is 7.48. The van der Waals surface area contributed by atoms with Gasteiger partial charge in [0.25, 0.3) is 11.4 Å². The van der Waals surface area contributed by atoms with Crippen molar-refractivity contribution in [2.45, 2.75) is 6.92 Å². The summed E-state index contributed by atoms with van der Waals surface area (Å²) >= 11 is 0. The van der Waals surface area contributed by atoms with Crippen molar-refractivity contribution in [2.75, 3.05) is 14.2 Å². The average molecular weight is 392 g/mol. The minimum absolute atomic E-state index is 0.0254. The molecule has 1 N–H and O–H groups in total. The molecule has 2 aromatic carbocycles. The minimum atomic E-state index is -0.747. The van der Waals surface area contributed by atoms with Crippen LogP contribution in [0.1, 0.15) is 26.3 Å². The van der Waals surface area contributed by atoms with Gasteiger partial charge >= 0.3 is 0 Å². The number of aryl methyl sites for hydroxylation is 1. The fourth-order valence-corrected chi connectivity index (χ4v) is 2.15. The number of aromatic hydroxyl groups is 1. The second kappa shape index (κ2) is 9.62. The zero-order valence-corrected chi connectivity index (χ0v) is 15.1. The minimum Gasteiger partial charge on any atom is -0.504 e. The molecule has 0 spiro atoms. The summed E-state index contributed by atoms with van der Waals surface area (Å²) in [6, 6.07) is 4.67. The maximum Gasteiger partial charge on any atom is 0.283 e. The molecule has 0 amide bonds. The predicted molar refractivity (Wildman–Crippen MR) is 96.5 cm³/mol. The van der Waals surface area contributed by atoms with Crippen molar-refractivity contribution in [3.63, 3.8) is 0 Å². The van der Waals surface area contributed by atoms with E-state index in [9.17, 15) is 34.9 Å². The lowest BCUT2D eigenvalue weighted by Crippen LogP contribution is -1.97. The van der Waals surface area contributed by atoms with Crippen LogP contribution in [0.15, 0.2) is 24.3 Å². The number of nitro groups is 2. The van der Waals surface area contributed by atoms with Crippen LogP contribution < -0.4 is 9.47 Å². The van der Waals surface area contributed by atoms with E-state index >= 15 is 0 Å². The third-order valence-electron chi connectivity index (χ3n) is 3.52. The van der Waals surface area contributed by atoms with E-state index in [1.165, 1.54) is 26.4 Å². The Kier molecular flexibility index (Phi) is 7.56. The molecule has 0 aliphatic carbocycles. The molecular weight excluding hydrogens is 376 g/mol. The first-order valence-electron chi connectivity index (χ1n) is 7.48. The molecule has 148 valence electrons. The van der Waals surface area contributed by atoms with Gasteiger partial charge in [0, 0.05) is 12.1 Å². The highest BCUT2D eigenvalue weighted by molar-refractivity contribution is 5.83. The molecule has 0 aliphatic rings. The molecule has 11 nitrogen and oxygen atoms in total. The van der Waals surface area contributed by atoms with Crippen molar-refractivity contribution in [3.05, 3.63) is 61.2 Å². The zero-order chi connectivity index (χ0) is 21.4. The Morgan fingerprint density at radius 2 is 1.29 bits per heavy atom. The molecule has 0 aliphatic heterocycles. The van der Waals surface area contributed by atoms with E-state index in [-0.39, 0.29) is 28.3 Å². The van der Waals surface area contributed by atoms with Crippen LogP contribution in [0.2, 0.25) is 0 Å². The molecule has 0 heterocycles. The molecule has 0 aromatic heterocycles. The van der Waals surface area contributed by atoms with E-state index in [0.717, 1.165) is 12.1 Å². The van der Waals surface area contributed by atoms with Gasteiger partial charge in [0.1, 0.15) is 5.75 Å². The van der Waals surface area contributed by atoms with Crippen molar-refractivity contribution in [1.82, 2.24) is 0 Å². The Morgan fingerprint density at radius 3 is 1.68 bits per heavy atom. The van der Waals surface area contributed by atoms with Gasteiger partial charge in [0.2, 0.25) is 0 Å². The van der Waals surface area contributed by atoms with Gasteiger partial charge < -0.3 is 14.6 Å². The first kappa shape index (κ1) is 22.0. The summed E-state index contributed by atoms with van der Waals surface area (Å²) in [6.07, 6.45) is 0.778. The van der Waals surface area contributed by atoms with Crippen molar-refractivity contribution in [1.29, 1.82) is 0 Å². The van der Waals surface area contributed by atoms with E-state index in [1.807, 2.05) is 0 Å². The standard InChI is InChI=1S/C9H9NO4.C8H7NO5/c1-6-3-8(10(12)13)7(5-11)4-9(6)14-2;1-14-8-2-5(4-10)6(9(12)13)3-7(8)11/h3-5H,1-2H3;2-4,11H,1H3. The zero-order valence-electron chi connectivity index (χ0n) is 15.1. The van der Waals surface area contributed by atoms with E-state index in [4.69, 9.17) is 9.47 Å². The largest absolute Gasteiger partial charge is 0.504 e. The van der Waals surface area contributed by atoms with Gasteiger partial charge in [-0.05, 0) is 18.6 Å². The molecule has 0 saturated carbocycles. The molecule has 0 atom stereocenters. The number of nitrogens with zero attached hydrogens (tertiary/aromatic N) is 2. The van der Waals surface area contributed by atoms with Crippen molar-refractivity contribution in [2.24, 2.45) is 0 Å². The summed E-state index contributed by atoms with van der Waals surface area (Å²) in [4.78, 5) is 40.7. The Morgan fingerprint density at radius 1 is 0.857 bits per heavy atom. The Hall–Kier alpha value is -4.02. The molecule has 0 radical (unpaired) electrons. The lowest BCUT2D eigenvalue weighted by Gasteiger charge is -2.04. The summed E-state index contributed by atoms with van der Waals surface area (Å²) in [5.74, 6) is 0.125. The lowest BCUT2D eigenvalue weighted by molar-refractivity contribution is -0.385. The highest BCUT2D eigenvalue weighted by Gasteiger charge is 2.18. The van der Waals surface area contributed by atoms with Crippen LogP contribution in [0.3, 0.4) is 0 Å². The molecule has 2 rings (SSSR count). The Labute approximate surface area is 158 Å². The SMILES string of the molecule is COc1cc(C=O)c([N+](=O)[O-])cc1C.COc1cc(C=O)c([N+](=O)[O-])cc1O. The maximum absolute atomic E-state index is 10.6. The third-order valence-corrected chi connectivity index (χ3v) is 3.52. The molecule has 0 saturated heterocycles. The summed E-state index contributed by atoms with van der Waals surface area (Å²) in [6.45, 7) is 1.68. The van der Waals surface area contributed by atoms with E-state index < -0.39 is 15.5 Å². The molecule has 0 unspecified atom stereocenters. The normalized spacial score (nSPS) is 9.54. The number of hydrogen-bond donors (Lipinski definition) is 1. The highest BCUT2D eigenvalue weighted by atomic mass is 16.6. The smallest absolute Gasteiger partial charge is 0.283 e. The van der Waals surface area contributed by atoms with Crippen LogP contribution in [0.5, 0.6) is 17.2 Å². The summed E-state index contributed by atoms with van der Waals surface area (Å²) in [5, 5.41) is 30.2. The van der Waals surface area contributed by atoms with Gasteiger partial charge in [-0.3, -0.25) is 29.8 Å². The monoisotopic (exact) mass is 392 g/mol. The predicted octanol–water partition coefficient (Wildman–Crippen LogP) is 2.85. The number of ether oxygens (including phenoxy) is 2. The number of hydrogen-bond acceptors (Lipinski definition) is 9. The molecule has 0 bridgehead atoms. The van der Waals surface area contributed by atoms with Gasteiger partial charge in [-0.1, -0.05) is 0 Å². The van der Waals surface area contributed by atoms with Gasteiger partial charge in [-0.15, -0.1) is 0 Å². The van der Waals surface area contributed by atoms with E-state index in [2.05, 4.69) is 0 Å². The third kappa shape index (κ3) is 5.00. The topological polar surface area (TPSA) is 159 Å². The number of phenolic OH excluding ortho intramolecular Hbond substituents is 1. The van der Waals surface area contributed by atoms with Gasteiger partial charge in [-0.25, -0.2) is 0 Å². The number of carbonyl (C=O) groups excluding carboxylic acids is 2. The molecule has 11 heteroatoms. The number of rotatable bonds is 6. The number of methoxy groups -OCH3 is 2. The van der Waals surface area contributed by atoms with Gasteiger partial charge in [0.05, 0.1) is 41.3 Å². The second-order valence-corrected chi connectivity index (χ2v) is 5.21. The highest BCUT2D eigenvalue weighted by Crippen LogP contribution is 2.32. The van der Waals surface area contributed by atoms with Crippen LogP contribution in [0.25, 0.3) is 0 Å². The second-order valence-electron chi connectivity index (χ2n) is 5.21. The first-order chi connectivity index (χ1) is 13.2. The average Bonchev–Trinajstić information content (AvgIpc) is 2.67. The molecule has 0 fully saturated rings. The summed E-state index contributed by atoms with van der Waals surface area (Å²) < 4.78 is 9.63. The van der Waals surface area contributed by atoms with Crippen LogP contribution in [0.4, 0.5) is 11.4 Å². The quantitative estimate of drug-likeness (QED) is 0.443. The molecular formula is C17H16N2O9. The summed E-state index contributed by atoms with van der Waals surface area (Å²) in [5.41, 5.74) is -0.122. The fraction of sp³-hybridized carbons (Fsp3) is 0.176. The number of benzene rings is 2. The van der Waals surface area contributed by atoms with Crippen LogP contribution in [0, 0.1) is 27.2 Å². The van der Waals surface area contributed by atoms with Crippen molar-refractivity contribution < 1.29 is 34.0 Å². The van der Waals surface area contributed by atoms with Crippen LogP contribution in [-0.4, -0.2) is 41.7 Å². The van der Waals surface area contributed by atoms with Crippen LogP contribution in [-0.2, 0) is 0 Å². The maximum atomic E-state index is 10.6. The van der Waals surface area contributed by atoms with Crippen molar-refractivity contribution >= 4 is 23.9 Å². The lowest BCUT2D eigenvalue weighted by atomic mass is 10.1. The Balaban J connectivity index is 0.000000280. The van der Waals surface area contributed by atoms with Crippen LogP contribution >= 0.6 is 0 Å². The van der Waals surface area contributed by atoms with E-state index in [0.29, 0.717) is 23.9 Å². The van der Waals surface area contributed by atoms with Gasteiger partial charge in [-0.2, -0.15) is 0 Å².